The Morgan fingerprint density at radius 2 is 1.94 bits per heavy atom. The predicted octanol–water partition coefficient (Wildman–Crippen LogP) is 1.02. The summed E-state index contributed by atoms with van der Waals surface area (Å²) in [5, 5.41) is 1.31. The van der Waals surface area contributed by atoms with Gasteiger partial charge in [-0.05, 0) is 17.5 Å². The molecule has 0 bridgehead atoms. The third kappa shape index (κ3) is 4.56. The highest BCUT2D eigenvalue weighted by Gasteiger charge is 1.92. The number of hydrogen-bond acceptors (Lipinski definition) is 1. The number of aryl methyl sites for hydroxylation is 1. The summed E-state index contributed by atoms with van der Waals surface area (Å²) < 4.78 is 2.12. The molecule has 2 aromatic rings. The molecule has 92 valence electrons. The van der Waals surface area contributed by atoms with E-state index in [2.05, 4.69) is 53.1 Å². The molecule has 0 aliphatic rings. The van der Waals surface area contributed by atoms with Gasteiger partial charge in [-0.3, -0.25) is 4.79 Å². The lowest BCUT2D eigenvalue weighted by atomic mass is 10.2. The quantitative estimate of drug-likeness (QED) is 0.452. The first-order valence-electron chi connectivity index (χ1n) is 4.67. The number of hydrogen-bond donors (Lipinski definition) is 2. The maximum Gasteiger partial charge on any atom is 0.236 e. The standard InChI is InChI=1S/C9H9N.C2H5N3O.ClH/c1-10-7-6-8-4-2-3-5-9(8)10;3-2(4)5-1-6;/h2-7H,1H3;1H,(H4,3,4,5,6);1H. The van der Waals surface area contributed by atoms with E-state index in [1.807, 2.05) is 0 Å². The summed E-state index contributed by atoms with van der Waals surface area (Å²) in [7, 11) is 2.06. The van der Waals surface area contributed by atoms with E-state index in [-0.39, 0.29) is 24.8 Å². The highest BCUT2D eigenvalue weighted by atomic mass is 35.5. The summed E-state index contributed by atoms with van der Waals surface area (Å²) in [6.45, 7) is 0. The maximum absolute atomic E-state index is 9.27. The van der Waals surface area contributed by atoms with Gasteiger partial charge in [0, 0.05) is 18.8 Å². The van der Waals surface area contributed by atoms with Gasteiger partial charge in [0.05, 0.1) is 0 Å². The van der Waals surface area contributed by atoms with Crippen molar-refractivity contribution in [1.29, 1.82) is 0 Å². The molecule has 1 aromatic carbocycles. The number of guanidine groups is 1. The molecule has 0 spiro atoms. The van der Waals surface area contributed by atoms with Gasteiger partial charge in [0.25, 0.3) is 0 Å². The zero-order valence-corrected chi connectivity index (χ0v) is 10.2. The summed E-state index contributed by atoms with van der Waals surface area (Å²) in [6, 6.07) is 10.5. The Labute approximate surface area is 106 Å². The zero-order chi connectivity index (χ0) is 12.0. The summed E-state index contributed by atoms with van der Waals surface area (Å²) in [4.78, 5) is 12.2. The van der Waals surface area contributed by atoms with Crippen molar-refractivity contribution in [3.8, 4) is 0 Å². The van der Waals surface area contributed by atoms with Crippen LogP contribution in [-0.2, 0) is 11.8 Å². The van der Waals surface area contributed by atoms with Gasteiger partial charge in [0.2, 0.25) is 6.41 Å². The number of aliphatic imine (C=N–C) groups is 1. The van der Waals surface area contributed by atoms with E-state index in [1.165, 1.54) is 10.9 Å². The smallest absolute Gasteiger partial charge is 0.236 e. The van der Waals surface area contributed by atoms with Crippen LogP contribution < -0.4 is 11.5 Å². The summed E-state index contributed by atoms with van der Waals surface area (Å²) in [5.41, 5.74) is 10.7. The van der Waals surface area contributed by atoms with Crippen molar-refractivity contribution in [1.82, 2.24) is 4.57 Å². The molecule has 1 aromatic heterocycles. The highest BCUT2D eigenvalue weighted by Crippen LogP contribution is 2.12. The number of halogens is 1. The predicted molar refractivity (Wildman–Crippen MR) is 72.0 cm³/mol. The van der Waals surface area contributed by atoms with Gasteiger partial charge in [-0.1, -0.05) is 18.2 Å². The molecule has 0 saturated heterocycles. The van der Waals surface area contributed by atoms with Crippen molar-refractivity contribution in [2.75, 3.05) is 0 Å². The first-order chi connectivity index (χ1) is 7.65. The number of benzene rings is 1. The van der Waals surface area contributed by atoms with E-state index < -0.39 is 0 Å². The van der Waals surface area contributed by atoms with E-state index >= 15 is 0 Å². The van der Waals surface area contributed by atoms with Gasteiger partial charge in [0.15, 0.2) is 5.96 Å². The molecule has 1 heterocycles. The molecule has 17 heavy (non-hydrogen) atoms. The Bertz CT molecular complexity index is 503. The molecule has 0 atom stereocenters. The fraction of sp³-hybridized carbons (Fsp3) is 0.0909. The zero-order valence-electron chi connectivity index (χ0n) is 9.41. The Kier molecular flexibility index (Phi) is 6.43. The van der Waals surface area contributed by atoms with E-state index in [0.29, 0.717) is 0 Å². The molecule has 0 aliphatic heterocycles. The molecular weight excluding hydrogens is 240 g/mol. The minimum absolute atomic E-state index is 0. The lowest BCUT2D eigenvalue weighted by molar-refractivity contribution is -0.106. The largest absolute Gasteiger partial charge is 0.370 e. The molecule has 0 aliphatic carbocycles. The first-order valence-corrected chi connectivity index (χ1v) is 4.67. The number of carbonyl (C=O) groups is 1. The Morgan fingerprint density at radius 1 is 1.29 bits per heavy atom. The Morgan fingerprint density at radius 3 is 2.41 bits per heavy atom. The van der Waals surface area contributed by atoms with Gasteiger partial charge in [-0.25, -0.2) is 0 Å². The van der Waals surface area contributed by atoms with Crippen LogP contribution in [0.2, 0.25) is 0 Å². The lowest BCUT2D eigenvalue weighted by Crippen LogP contribution is -2.22. The number of rotatable bonds is 1. The van der Waals surface area contributed by atoms with Crippen LogP contribution in [0.4, 0.5) is 0 Å². The molecule has 0 fully saturated rings. The molecule has 6 heteroatoms. The van der Waals surface area contributed by atoms with Gasteiger partial charge >= 0.3 is 0 Å². The van der Waals surface area contributed by atoms with Gasteiger partial charge < -0.3 is 16.0 Å². The Hall–Kier alpha value is -2.01. The normalized spacial score (nSPS) is 8.53. The van der Waals surface area contributed by atoms with E-state index in [9.17, 15) is 4.79 Å². The van der Waals surface area contributed by atoms with Crippen molar-refractivity contribution >= 4 is 35.7 Å². The highest BCUT2D eigenvalue weighted by molar-refractivity contribution is 5.85. The SMILES string of the molecule is Cl.Cn1ccc2ccccc21.NC(N)=NC=O. The summed E-state index contributed by atoms with van der Waals surface area (Å²) >= 11 is 0. The topological polar surface area (TPSA) is 86.4 Å². The van der Waals surface area contributed by atoms with Crippen LogP contribution in [0.3, 0.4) is 0 Å². The third-order valence-electron chi connectivity index (χ3n) is 2.00. The molecule has 0 unspecified atom stereocenters. The second-order valence-electron chi connectivity index (χ2n) is 3.14. The van der Waals surface area contributed by atoms with Crippen LogP contribution in [0.5, 0.6) is 0 Å². The van der Waals surface area contributed by atoms with Gasteiger partial charge in [-0.2, -0.15) is 4.99 Å². The van der Waals surface area contributed by atoms with Crippen molar-refractivity contribution in [3.63, 3.8) is 0 Å². The maximum atomic E-state index is 9.27. The minimum atomic E-state index is -0.204. The van der Waals surface area contributed by atoms with Crippen LogP contribution in [-0.4, -0.2) is 16.9 Å². The number of para-hydroxylation sites is 1. The second kappa shape index (κ2) is 7.29. The fourth-order valence-electron chi connectivity index (χ4n) is 1.28. The molecule has 1 amide bonds. The number of nitrogens with zero attached hydrogens (tertiary/aromatic N) is 2. The number of fused-ring (bicyclic) bond motifs is 1. The van der Waals surface area contributed by atoms with Crippen molar-refractivity contribution in [2.45, 2.75) is 0 Å². The third-order valence-corrected chi connectivity index (χ3v) is 2.00. The van der Waals surface area contributed by atoms with Crippen LogP contribution in [0.25, 0.3) is 10.9 Å². The Balaban J connectivity index is 0.000000324. The first kappa shape index (κ1) is 15.0. The molecular formula is C11H15ClN4O. The monoisotopic (exact) mass is 254 g/mol. The van der Waals surface area contributed by atoms with Crippen LogP contribution in [0.15, 0.2) is 41.5 Å². The van der Waals surface area contributed by atoms with Crippen molar-refractivity contribution in [2.24, 2.45) is 23.5 Å². The summed E-state index contributed by atoms with van der Waals surface area (Å²) in [5.74, 6) is -0.204. The fourth-order valence-corrected chi connectivity index (χ4v) is 1.28. The number of carbonyl (C=O) groups excluding carboxylic acids is 1. The minimum Gasteiger partial charge on any atom is -0.370 e. The average molecular weight is 255 g/mol. The van der Waals surface area contributed by atoms with E-state index in [4.69, 9.17) is 11.5 Å². The second-order valence-corrected chi connectivity index (χ2v) is 3.14. The van der Waals surface area contributed by atoms with E-state index in [0.717, 1.165) is 0 Å². The number of aromatic nitrogens is 1. The molecule has 4 N–H and O–H groups in total. The van der Waals surface area contributed by atoms with Gasteiger partial charge in [0.1, 0.15) is 0 Å². The molecule has 2 rings (SSSR count). The molecule has 0 saturated carbocycles. The van der Waals surface area contributed by atoms with E-state index in [1.54, 1.807) is 0 Å². The molecule has 0 radical (unpaired) electrons. The average Bonchev–Trinajstić information content (AvgIpc) is 2.62. The van der Waals surface area contributed by atoms with Crippen LogP contribution in [0, 0.1) is 0 Å². The lowest BCUT2D eigenvalue weighted by Gasteiger charge is -1.92. The van der Waals surface area contributed by atoms with Crippen LogP contribution >= 0.6 is 12.4 Å². The van der Waals surface area contributed by atoms with Crippen LogP contribution in [0.1, 0.15) is 0 Å². The van der Waals surface area contributed by atoms with Crippen molar-refractivity contribution in [3.05, 3.63) is 36.5 Å². The number of nitrogens with two attached hydrogens (primary N) is 2. The number of amides is 1. The van der Waals surface area contributed by atoms with Crippen molar-refractivity contribution < 1.29 is 4.79 Å². The molecule has 5 nitrogen and oxygen atoms in total. The van der Waals surface area contributed by atoms with Gasteiger partial charge in [-0.15, -0.1) is 12.4 Å². The summed E-state index contributed by atoms with van der Waals surface area (Å²) in [6.07, 6.45) is 2.36.